The lowest BCUT2D eigenvalue weighted by Gasteiger charge is -2.23. The molecule has 1 fully saturated rings. The van der Waals surface area contributed by atoms with Gasteiger partial charge in [0.1, 0.15) is 5.78 Å². The lowest BCUT2D eigenvalue weighted by Crippen LogP contribution is -2.35. The van der Waals surface area contributed by atoms with Gasteiger partial charge >= 0.3 is 0 Å². The SMILES string of the molecule is CC1NCCC1C(=O)C(C)(C)C. The van der Waals surface area contributed by atoms with Gasteiger partial charge in [0.05, 0.1) is 0 Å². The molecular weight excluding hydrogens is 150 g/mol. The molecule has 2 atom stereocenters. The molecule has 0 aromatic heterocycles. The summed E-state index contributed by atoms with van der Waals surface area (Å²) < 4.78 is 0. The monoisotopic (exact) mass is 169 g/mol. The quantitative estimate of drug-likeness (QED) is 0.646. The summed E-state index contributed by atoms with van der Waals surface area (Å²) in [5, 5.41) is 3.30. The molecule has 0 aromatic rings. The molecule has 1 heterocycles. The fourth-order valence-electron chi connectivity index (χ4n) is 1.77. The van der Waals surface area contributed by atoms with Crippen LogP contribution in [0.15, 0.2) is 0 Å². The normalized spacial score (nSPS) is 30.7. The first-order valence-electron chi connectivity index (χ1n) is 4.70. The third kappa shape index (κ3) is 1.86. The van der Waals surface area contributed by atoms with Crippen molar-refractivity contribution in [3.8, 4) is 0 Å². The molecule has 2 unspecified atom stereocenters. The predicted molar refractivity (Wildman–Crippen MR) is 50.0 cm³/mol. The van der Waals surface area contributed by atoms with Crippen LogP contribution < -0.4 is 5.32 Å². The lowest BCUT2D eigenvalue weighted by molar-refractivity contribution is -0.130. The maximum atomic E-state index is 11.8. The molecule has 70 valence electrons. The molecular formula is C10H19NO. The second-order valence-electron chi connectivity index (χ2n) is 4.75. The van der Waals surface area contributed by atoms with Gasteiger partial charge in [0.25, 0.3) is 0 Å². The second kappa shape index (κ2) is 3.17. The Labute approximate surface area is 74.7 Å². The Hall–Kier alpha value is -0.370. The van der Waals surface area contributed by atoms with E-state index in [1.54, 1.807) is 0 Å². The Morgan fingerprint density at radius 3 is 2.33 bits per heavy atom. The standard InChI is InChI=1S/C10H19NO/c1-7-8(5-6-11-7)9(12)10(2,3)4/h7-8,11H,5-6H2,1-4H3. The van der Waals surface area contributed by atoms with Gasteiger partial charge in [-0.25, -0.2) is 0 Å². The summed E-state index contributed by atoms with van der Waals surface area (Å²) in [4.78, 5) is 11.8. The van der Waals surface area contributed by atoms with Gasteiger partial charge in [-0.3, -0.25) is 4.79 Å². The Balaban J connectivity index is 2.64. The van der Waals surface area contributed by atoms with Crippen molar-refractivity contribution >= 4 is 5.78 Å². The number of hydrogen-bond donors (Lipinski definition) is 1. The molecule has 0 saturated carbocycles. The lowest BCUT2D eigenvalue weighted by atomic mass is 9.80. The van der Waals surface area contributed by atoms with Crippen molar-refractivity contribution in [1.29, 1.82) is 0 Å². The van der Waals surface area contributed by atoms with E-state index in [4.69, 9.17) is 0 Å². The molecule has 1 aliphatic rings. The van der Waals surface area contributed by atoms with Crippen LogP contribution in [-0.2, 0) is 4.79 Å². The molecule has 1 N–H and O–H groups in total. The number of carbonyl (C=O) groups excluding carboxylic acids is 1. The molecule has 2 heteroatoms. The van der Waals surface area contributed by atoms with Crippen LogP contribution in [0.25, 0.3) is 0 Å². The van der Waals surface area contributed by atoms with E-state index in [-0.39, 0.29) is 11.3 Å². The van der Waals surface area contributed by atoms with E-state index >= 15 is 0 Å². The van der Waals surface area contributed by atoms with Crippen molar-refractivity contribution in [3.05, 3.63) is 0 Å². The number of hydrogen-bond acceptors (Lipinski definition) is 2. The van der Waals surface area contributed by atoms with Crippen LogP contribution in [0.3, 0.4) is 0 Å². The fraction of sp³-hybridized carbons (Fsp3) is 0.900. The molecule has 0 aromatic carbocycles. The summed E-state index contributed by atoms with van der Waals surface area (Å²) in [6.45, 7) is 9.09. The first kappa shape index (κ1) is 9.72. The highest BCUT2D eigenvalue weighted by molar-refractivity contribution is 5.86. The Morgan fingerprint density at radius 1 is 1.42 bits per heavy atom. The number of Topliss-reactive ketones (excluding diaryl/α,β-unsaturated/α-hetero) is 1. The summed E-state index contributed by atoms with van der Waals surface area (Å²) >= 11 is 0. The van der Waals surface area contributed by atoms with Gasteiger partial charge in [0.2, 0.25) is 0 Å². The van der Waals surface area contributed by atoms with Crippen molar-refractivity contribution < 1.29 is 4.79 Å². The van der Waals surface area contributed by atoms with E-state index < -0.39 is 0 Å². The van der Waals surface area contributed by atoms with Crippen molar-refractivity contribution in [2.24, 2.45) is 11.3 Å². The van der Waals surface area contributed by atoms with Gasteiger partial charge in [0.15, 0.2) is 0 Å². The first-order valence-corrected chi connectivity index (χ1v) is 4.70. The van der Waals surface area contributed by atoms with Crippen LogP contribution in [0.2, 0.25) is 0 Å². The summed E-state index contributed by atoms with van der Waals surface area (Å²) in [6.07, 6.45) is 1.01. The average molecular weight is 169 g/mol. The van der Waals surface area contributed by atoms with Gasteiger partial charge in [-0.2, -0.15) is 0 Å². The van der Waals surface area contributed by atoms with E-state index in [1.165, 1.54) is 0 Å². The number of rotatable bonds is 1. The molecule has 1 aliphatic heterocycles. The maximum absolute atomic E-state index is 11.8. The molecule has 0 bridgehead atoms. The number of carbonyl (C=O) groups is 1. The van der Waals surface area contributed by atoms with Crippen LogP contribution in [0.4, 0.5) is 0 Å². The van der Waals surface area contributed by atoms with Gasteiger partial charge < -0.3 is 5.32 Å². The molecule has 1 rings (SSSR count). The number of ketones is 1. The molecule has 12 heavy (non-hydrogen) atoms. The van der Waals surface area contributed by atoms with Gasteiger partial charge in [-0.15, -0.1) is 0 Å². The van der Waals surface area contributed by atoms with Crippen LogP contribution in [0.1, 0.15) is 34.1 Å². The summed E-state index contributed by atoms with van der Waals surface area (Å²) in [5.74, 6) is 0.644. The third-order valence-electron chi connectivity index (χ3n) is 2.60. The molecule has 2 nitrogen and oxygen atoms in total. The Bertz CT molecular complexity index is 181. The zero-order chi connectivity index (χ0) is 9.35. The van der Waals surface area contributed by atoms with E-state index in [1.807, 2.05) is 20.8 Å². The van der Waals surface area contributed by atoms with Crippen molar-refractivity contribution in [2.45, 2.75) is 40.2 Å². The minimum absolute atomic E-state index is 0.176. The zero-order valence-corrected chi connectivity index (χ0v) is 8.48. The van der Waals surface area contributed by atoms with E-state index in [2.05, 4.69) is 12.2 Å². The first-order chi connectivity index (χ1) is 5.43. The Morgan fingerprint density at radius 2 is 2.00 bits per heavy atom. The highest BCUT2D eigenvalue weighted by Crippen LogP contribution is 2.26. The highest BCUT2D eigenvalue weighted by atomic mass is 16.1. The van der Waals surface area contributed by atoms with Crippen molar-refractivity contribution in [1.82, 2.24) is 5.32 Å². The second-order valence-corrected chi connectivity index (χ2v) is 4.75. The van der Waals surface area contributed by atoms with Gasteiger partial charge in [-0.1, -0.05) is 20.8 Å². The molecule has 0 aliphatic carbocycles. The zero-order valence-electron chi connectivity index (χ0n) is 8.48. The smallest absolute Gasteiger partial charge is 0.142 e. The fourth-order valence-corrected chi connectivity index (χ4v) is 1.77. The topological polar surface area (TPSA) is 29.1 Å². The highest BCUT2D eigenvalue weighted by Gasteiger charge is 2.35. The molecule has 0 spiro atoms. The molecule has 0 amide bonds. The number of nitrogens with one attached hydrogen (secondary N) is 1. The Kier molecular flexibility index (Phi) is 2.57. The third-order valence-corrected chi connectivity index (χ3v) is 2.60. The van der Waals surface area contributed by atoms with Crippen molar-refractivity contribution in [2.75, 3.05) is 6.54 Å². The van der Waals surface area contributed by atoms with Crippen LogP contribution >= 0.6 is 0 Å². The summed E-state index contributed by atoms with van der Waals surface area (Å²) in [5.41, 5.74) is -0.176. The van der Waals surface area contributed by atoms with E-state index in [0.717, 1.165) is 13.0 Å². The maximum Gasteiger partial charge on any atom is 0.142 e. The van der Waals surface area contributed by atoms with Crippen LogP contribution in [-0.4, -0.2) is 18.4 Å². The van der Waals surface area contributed by atoms with E-state index in [9.17, 15) is 4.79 Å². The van der Waals surface area contributed by atoms with Crippen molar-refractivity contribution in [3.63, 3.8) is 0 Å². The van der Waals surface area contributed by atoms with Gasteiger partial charge in [0, 0.05) is 17.4 Å². The van der Waals surface area contributed by atoms with Crippen LogP contribution in [0, 0.1) is 11.3 Å². The molecule has 1 saturated heterocycles. The van der Waals surface area contributed by atoms with E-state index in [0.29, 0.717) is 11.8 Å². The minimum atomic E-state index is -0.176. The average Bonchev–Trinajstić information content (AvgIpc) is 2.31. The van der Waals surface area contributed by atoms with Gasteiger partial charge in [-0.05, 0) is 19.9 Å². The minimum Gasteiger partial charge on any atom is -0.314 e. The largest absolute Gasteiger partial charge is 0.314 e. The van der Waals surface area contributed by atoms with Crippen LogP contribution in [0.5, 0.6) is 0 Å². The molecule has 0 radical (unpaired) electrons. The predicted octanol–water partition coefficient (Wildman–Crippen LogP) is 1.60. The summed E-state index contributed by atoms with van der Waals surface area (Å²) in [7, 11) is 0. The summed E-state index contributed by atoms with van der Waals surface area (Å²) in [6, 6.07) is 0.372.